The first-order valence-corrected chi connectivity index (χ1v) is 7.65. The van der Waals surface area contributed by atoms with Gasteiger partial charge in [-0.3, -0.25) is 4.79 Å². The smallest absolute Gasteiger partial charge is 0.176 e. The molecule has 0 aliphatic carbocycles. The Morgan fingerprint density at radius 2 is 1.81 bits per heavy atom. The van der Waals surface area contributed by atoms with Crippen molar-refractivity contribution in [3.05, 3.63) is 29.8 Å². The minimum atomic E-state index is -3.19. The van der Waals surface area contributed by atoms with Crippen molar-refractivity contribution in [2.75, 3.05) is 6.26 Å². The summed E-state index contributed by atoms with van der Waals surface area (Å²) in [6.07, 6.45) is 1.84. The number of Topliss-reactive ketones (excluding diaryl/α,β-unsaturated/α-hetero) is 1. The summed E-state index contributed by atoms with van der Waals surface area (Å²) < 4.78 is 22.4. The second-order valence-corrected chi connectivity index (χ2v) is 6.66. The summed E-state index contributed by atoms with van der Waals surface area (Å²) >= 11 is 3.27. The Morgan fingerprint density at radius 1 is 1.31 bits per heavy atom. The molecule has 0 spiro atoms. The molecule has 5 heteroatoms. The fourth-order valence-corrected chi connectivity index (χ4v) is 2.13. The number of ketones is 1. The van der Waals surface area contributed by atoms with Crippen LogP contribution in [0.4, 0.5) is 0 Å². The molecule has 3 nitrogen and oxygen atoms in total. The maximum atomic E-state index is 11.7. The molecule has 0 aliphatic heterocycles. The van der Waals surface area contributed by atoms with Crippen molar-refractivity contribution in [1.29, 1.82) is 0 Å². The zero-order valence-corrected chi connectivity index (χ0v) is 11.5. The molecule has 1 unspecified atom stereocenters. The molecule has 16 heavy (non-hydrogen) atoms. The highest BCUT2D eigenvalue weighted by molar-refractivity contribution is 9.10. The highest BCUT2D eigenvalue weighted by atomic mass is 79.9. The molecule has 0 aliphatic rings. The number of alkyl halides is 1. The summed E-state index contributed by atoms with van der Waals surface area (Å²) in [5.41, 5.74) is 0.524. The van der Waals surface area contributed by atoms with E-state index in [9.17, 15) is 13.2 Å². The lowest BCUT2D eigenvalue weighted by atomic mass is 10.1. The summed E-state index contributed by atoms with van der Waals surface area (Å²) in [4.78, 5) is 11.8. The predicted molar refractivity (Wildman–Crippen MR) is 66.9 cm³/mol. The number of sulfone groups is 1. The number of hydrogen-bond donors (Lipinski definition) is 0. The van der Waals surface area contributed by atoms with Gasteiger partial charge in [0, 0.05) is 11.8 Å². The van der Waals surface area contributed by atoms with Crippen LogP contribution in [0.25, 0.3) is 0 Å². The van der Waals surface area contributed by atoms with E-state index in [-0.39, 0.29) is 15.5 Å². The lowest BCUT2D eigenvalue weighted by molar-refractivity contribution is 0.0990. The van der Waals surface area contributed by atoms with Gasteiger partial charge in [-0.1, -0.05) is 35.0 Å². The van der Waals surface area contributed by atoms with Crippen molar-refractivity contribution in [1.82, 2.24) is 0 Å². The third kappa shape index (κ3) is 3.15. The average molecular weight is 305 g/mol. The van der Waals surface area contributed by atoms with Gasteiger partial charge < -0.3 is 0 Å². The fraction of sp³-hybridized carbons (Fsp3) is 0.364. The first-order chi connectivity index (χ1) is 7.36. The van der Waals surface area contributed by atoms with Crippen molar-refractivity contribution in [2.24, 2.45) is 0 Å². The molecular weight excluding hydrogens is 292 g/mol. The van der Waals surface area contributed by atoms with Crippen LogP contribution in [-0.4, -0.2) is 25.3 Å². The van der Waals surface area contributed by atoms with Gasteiger partial charge in [0.2, 0.25) is 0 Å². The standard InChI is InChI=1S/C11H13BrO3S/c1-3-10(12)11(13)8-4-6-9(7-5-8)16(2,14)15/h4-7,10H,3H2,1-2H3. The number of hydrogen-bond acceptors (Lipinski definition) is 3. The van der Waals surface area contributed by atoms with E-state index in [2.05, 4.69) is 15.9 Å². The summed E-state index contributed by atoms with van der Waals surface area (Å²) in [7, 11) is -3.19. The van der Waals surface area contributed by atoms with E-state index in [1.54, 1.807) is 12.1 Å². The average Bonchev–Trinajstić information content (AvgIpc) is 2.26. The molecule has 0 bridgehead atoms. The van der Waals surface area contributed by atoms with Crippen LogP contribution in [0.3, 0.4) is 0 Å². The first-order valence-electron chi connectivity index (χ1n) is 4.84. The predicted octanol–water partition coefficient (Wildman–Crippen LogP) is 2.45. The van der Waals surface area contributed by atoms with Crippen LogP contribution in [0.1, 0.15) is 23.7 Å². The Balaban J connectivity index is 3.00. The SMILES string of the molecule is CCC(Br)C(=O)c1ccc(S(C)(=O)=O)cc1. The Labute approximate surface area is 104 Å². The van der Waals surface area contributed by atoms with Crippen molar-refractivity contribution >= 4 is 31.6 Å². The van der Waals surface area contributed by atoms with E-state index in [1.807, 2.05) is 6.92 Å². The maximum Gasteiger partial charge on any atom is 0.176 e. The largest absolute Gasteiger partial charge is 0.293 e. The van der Waals surface area contributed by atoms with Crippen LogP contribution >= 0.6 is 15.9 Å². The summed E-state index contributed by atoms with van der Waals surface area (Å²) in [6.45, 7) is 1.90. The molecule has 1 aromatic carbocycles. The highest BCUT2D eigenvalue weighted by Gasteiger charge is 2.15. The molecule has 88 valence electrons. The van der Waals surface area contributed by atoms with Crippen molar-refractivity contribution in [3.8, 4) is 0 Å². The van der Waals surface area contributed by atoms with E-state index in [1.165, 1.54) is 12.1 Å². The topological polar surface area (TPSA) is 51.2 Å². The number of carbonyl (C=O) groups excluding carboxylic acids is 1. The third-order valence-electron chi connectivity index (χ3n) is 2.21. The number of benzene rings is 1. The number of carbonyl (C=O) groups is 1. The molecule has 0 aromatic heterocycles. The van der Waals surface area contributed by atoms with Gasteiger partial charge >= 0.3 is 0 Å². The van der Waals surface area contributed by atoms with Gasteiger partial charge in [0.25, 0.3) is 0 Å². The van der Waals surface area contributed by atoms with Crippen LogP contribution in [0.15, 0.2) is 29.2 Å². The van der Waals surface area contributed by atoms with E-state index in [0.717, 1.165) is 6.26 Å². The van der Waals surface area contributed by atoms with Crippen LogP contribution in [0.2, 0.25) is 0 Å². The van der Waals surface area contributed by atoms with E-state index in [4.69, 9.17) is 0 Å². The molecule has 1 atom stereocenters. The van der Waals surface area contributed by atoms with Crippen LogP contribution in [0.5, 0.6) is 0 Å². The van der Waals surface area contributed by atoms with Crippen LogP contribution in [-0.2, 0) is 9.84 Å². The third-order valence-corrected chi connectivity index (χ3v) is 4.40. The van der Waals surface area contributed by atoms with Gasteiger partial charge in [-0.2, -0.15) is 0 Å². The number of halogens is 1. The minimum absolute atomic E-state index is 0.0254. The minimum Gasteiger partial charge on any atom is -0.293 e. The van der Waals surface area contributed by atoms with Crippen molar-refractivity contribution < 1.29 is 13.2 Å². The maximum absolute atomic E-state index is 11.7. The van der Waals surface area contributed by atoms with Gasteiger partial charge in [-0.25, -0.2) is 8.42 Å². The summed E-state index contributed by atoms with van der Waals surface area (Å²) in [5, 5.41) is 0. The molecule has 0 fully saturated rings. The van der Waals surface area contributed by atoms with E-state index < -0.39 is 9.84 Å². The second-order valence-electron chi connectivity index (χ2n) is 3.54. The fourth-order valence-electron chi connectivity index (χ4n) is 1.23. The van der Waals surface area contributed by atoms with Gasteiger partial charge in [0.1, 0.15) is 0 Å². The van der Waals surface area contributed by atoms with Crippen LogP contribution < -0.4 is 0 Å². The van der Waals surface area contributed by atoms with Gasteiger partial charge in [0.05, 0.1) is 9.72 Å². The Bertz CT molecular complexity index is 476. The van der Waals surface area contributed by atoms with E-state index >= 15 is 0 Å². The Morgan fingerprint density at radius 3 is 2.19 bits per heavy atom. The molecule has 0 saturated heterocycles. The molecule has 0 amide bonds. The second kappa shape index (κ2) is 5.10. The molecule has 0 heterocycles. The molecular formula is C11H13BrO3S. The summed E-state index contributed by atoms with van der Waals surface area (Å²) in [6, 6.07) is 6.00. The zero-order valence-electron chi connectivity index (χ0n) is 9.10. The lowest BCUT2D eigenvalue weighted by Gasteiger charge is -2.06. The zero-order chi connectivity index (χ0) is 12.3. The lowest BCUT2D eigenvalue weighted by Crippen LogP contribution is -2.13. The molecule has 1 aromatic rings. The number of rotatable bonds is 4. The Kier molecular flexibility index (Phi) is 4.27. The monoisotopic (exact) mass is 304 g/mol. The highest BCUT2D eigenvalue weighted by Crippen LogP contribution is 2.16. The van der Waals surface area contributed by atoms with Crippen molar-refractivity contribution in [3.63, 3.8) is 0 Å². The van der Waals surface area contributed by atoms with Crippen molar-refractivity contribution in [2.45, 2.75) is 23.1 Å². The van der Waals surface area contributed by atoms with Gasteiger partial charge in [-0.05, 0) is 18.6 Å². The Hall–Kier alpha value is -0.680. The van der Waals surface area contributed by atoms with Gasteiger partial charge in [-0.15, -0.1) is 0 Å². The summed E-state index contributed by atoms with van der Waals surface area (Å²) in [5.74, 6) is -0.0254. The molecule has 0 radical (unpaired) electrons. The molecule has 0 N–H and O–H groups in total. The molecule has 0 saturated carbocycles. The molecule has 1 rings (SSSR count). The van der Waals surface area contributed by atoms with Gasteiger partial charge in [0.15, 0.2) is 15.6 Å². The van der Waals surface area contributed by atoms with E-state index in [0.29, 0.717) is 12.0 Å². The normalized spacial score (nSPS) is 13.4. The van der Waals surface area contributed by atoms with Crippen LogP contribution in [0, 0.1) is 0 Å². The quantitative estimate of drug-likeness (QED) is 0.634. The first kappa shape index (κ1) is 13.4.